The number of nitrogens with zero attached hydrogens (tertiary/aromatic N) is 4. The van der Waals surface area contributed by atoms with Gasteiger partial charge in [-0.3, -0.25) is 18.6 Å². The van der Waals surface area contributed by atoms with Crippen LogP contribution in [0.5, 0.6) is 0 Å². The van der Waals surface area contributed by atoms with Gasteiger partial charge in [-0.15, -0.1) is 0 Å². The summed E-state index contributed by atoms with van der Waals surface area (Å²) in [6.45, 7) is 5.49. The van der Waals surface area contributed by atoms with Gasteiger partial charge in [-0.25, -0.2) is 9.97 Å². The zero-order valence-corrected chi connectivity index (χ0v) is 19.4. The fourth-order valence-corrected chi connectivity index (χ4v) is 4.61. The van der Waals surface area contributed by atoms with E-state index in [1.165, 1.54) is 17.8 Å². The highest BCUT2D eigenvalue weighted by molar-refractivity contribution is 7.98. The summed E-state index contributed by atoms with van der Waals surface area (Å²) in [6.07, 6.45) is 0.691. The fourth-order valence-electron chi connectivity index (χ4n) is 3.53. The molecule has 166 valence electrons. The average Bonchev–Trinajstić information content (AvgIpc) is 2.76. The van der Waals surface area contributed by atoms with E-state index in [-0.39, 0.29) is 11.1 Å². The quantitative estimate of drug-likeness (QED) is 0.219. The second-order valence-corrected chi connectivity index (χ2v) is 8.68. The van der Waals surface area contributed by atoms with Crippen molar-refractivity contribution in [3.8, 4) is 0 Å². The highest BCUT2D eigenvalue weighted by atomic mass is 35.5. The van der Waals surface area contributed by atoms with Crippen LogP contribution < -0.4 is 11.1 Å². The third kappa shape index (κ3) is 4.72. The molecule has 0 aliphatic heterocycles. The van der Waals surface area contributed by atoms with Gasteiger partial charge in [0.2, 0.25) is 0 Å². The van der Waals surface area contributed by atoms with Crippen LogP contribution in [0.2, 0.25) is 5.02 Å². The van der Waals surface area contributed by atoms with E-state index in [1.807, 2.05) is 32.0 Å². The minimum atomic E-state index is -0.129. The Morgan fingerprint density at radius 3 is 2.78 bits per heavy atom. The Labute approximate surface area is 194 Å². The first-order valence-electron chi connectivity index (χ1n) is 10.4. The number of hydrogen-bond acceptors (Lipinski definition) is 6. The number of halogens is 1. The SMILES string of the molecule is CCOCCCn1c(SCc2cc(=O)n3c(C)cccc3n2)nc2cc(Cl)ccc2c1=O. The van der Waals surface area contributed by atoms with Crippen LogP contribution in [-0.4, -0.2) is 32.1 Å². The Bertz CT molecular complexity index is 1400. The second kappa shape index (κ2) is 9.85. The monoisotopic (exact) mass is 470 g/mol. The molecule has 1 aromatic carbocycles. The number of rotatable bonds is 8. The van der Waals surface area contributed by atoms with E-state index in [0.717, 1.165) is 5.69 Å². The van der Waals surface area contributed by atoms with Gasteiger partial charge in [0.1, 0.15) is 5.65 Å². The van der Waals surface area contributed by atoms with Crippen molar-refractivity contribution in [1.82, 2.24) is 18.9 Å². The molecule has 4 rings (SSSR count). The molecule has 3 heterocycles. The lowest BCUT2D eigenvalue weighted by atomic mass is 10.2. The molecular formula is C23H23ClN4O3S. The molecule has 0 amide bonds. The van der Waals surface area contributed by atoms with Crippen molar-refractivity contribution in [2.45, 2.75) is 37.7 Å². The van der Waals surface area contributed by atoms with Gasteiger partial charge in [0.05, 0.1) is 16.6 Å². The predicted octanol–water partition coefficient (Wildman–Crippen LogP) is 4.09. The van der Waals surface area contributed by atoms with Crippen molar-refractivity contribution in [3.05, 3.63) is 79.6 Å². The topological polar surface area (TPSA) is 78.5 Å². The molecule has 0 fully saturated rings. The number of hydrogen-bond donors (Lipinski definition) is 0. The lowest BCUT2D eigenvalue weighted by molar-refractivity contribution is 0.140. The molecule has 3 aromatic heterocycles. The molecule has 0 atom stereocenters. The lowest BCUT2D eigenvalue weighted by Gasteiger charge is -2.13. The summed E-state index contributed by atoms with van der Waals surface area (Å²) in [6, 6.07) is 12.2. The first kappa shape index (κ1) is 22.5. The summed E-state index contributed by atoms with van der Waals surface area (Å²) in [7, 11) is 0. The van der Waals surface area contributed by atoms with E-state index in [9.17, 15) is 9.59 Å². The molecule has 7 nitrogen and oxygen atoms in total. The van der Waals surface area contributed by atoms with Crippen LogP contribution in [0, 0.1) is 6.92 Å². The molecule has 0 aliphatic rings. The van der Waals surface area contributed by atoms with Crippen LogP contribution in [0.1, 0.15) is 24.7 Å². The number of pyridine rings is 1. The molecule has 0 radical (unpaired) electrons. The van der Waals surface area contributed by atoms with Gasteiger partial charge in [0, 0.05) is 42.3 Å². The molecule has 4 aromatic rings. The zero-order chi connectivity index (χ0) is 22.7. The van der Waals surface area contributed by atoms with E-state index in [2.05, 4.69) is 4.98 Å². The van der Waals surface area contributed by atoms with E-state index in [4.69, 9.17) is 21.3 Å². The smallest absolute Gasteiger partial charge is 0.262 e. The standard InChI is InChI=1S/C23H23ClN4O3S/c1-3-31-11-5-10-27-22(30)18-9-8-16(24)12-19(18)26-23(27)32-14-17-13-21(29)28-15(2)6-4-7-20(28)25-17/h4,6-9,12-13H,3,5,10-11,14H2,1-2H3. The molecular weight excluding hydrogens is 448 g/mol. The minimum Gasteiger partial charge on any atom is -0.382 e. The summed E-state index contributed by atoms with van der Waals surface area (Å²) in [4.78, 5) is 35.1. The molecule has 0 saturated carbocycles. The Kier molecular flexibility index (Phi) is 6.93. The number of fused-ring (bicyclic) bond motifs is 2. The summed E-state index contributed by atoms with van der Waals surface area (Å²) < 4.78 is 8.67. The number of thioether (sulfide) groups is 1. The Balaban J connectivity index is 1.68. The highest BCUT2D eigenvalue weighted by Gasteiger charge is 2.13. The van der Waals surface area contributed by atoms with Gasteiger partial charge < -0.3 is 4.74 Å². The van der Waals surface area contributed by atoms with E-state index >= 15 is 0 Å². The number of aryl methyl sites for hydroxylation is 1. The predicted molar refractivity (Wildman–Crippen MR) is 128 cm³/mol. The van der Waals surface area contributed by atoms with Gasteiger partial charge in [-0.2, -0.15) is 0 Å². The van der Waals surface area contributed by atoms with Crippen LogP contribution in [0.15, 0.2) is 57.2 Å². The largest absolute Gasteiger partial charge is 0.382 e. The van der Waals surface area contributed by atoms with Crippen LogP contribution in [0.25, 0.3) is 16.6 Å². The van der Waals surface area contributed by atoms with Crippen LogP contribution in [-0.2, 0) is 17.0 Å². The van der Waals surface area contributed by atoms with Crippen molar-refractivity contribution in [2.24, 2.45) is 0 Å². The molecule has 9 heteroatoms. The Morgan fingerprint density at radius 2 is 1.97 bits per heavy atom. The summed E-state index contributed by atoms with van der Waals surface area (Å²) in [5.74, 6) is 0.406. The van der Waals surface area contributed by atoms with Crippen molar-refractivity contribution < 1.29 is 4.74 Å². The van der Waals surface area contributed by atoms with Crippen molar-refractivity contribution in [1.29, 1.82) is 0 Å². The fraction of sp³-hybridized carbons (Fsp3) is 0.304. The molecule has 0 unspecified atom stereocenters. The third-order valence-electron chi connectivity index (χ3n) is 5.04. The van der Waals surface area contributed by atoms with Gasteiger partial charge in [0.25, 0.3) is 11.1 Å². The van der Waals surface area contributed by atoms with Crippen molar-refractivity contribution in [2.75, 3.05) is 13.2 Å². The number of benzene rings is 1. The molecule has 0 N–H and O–H groups in total. The molecule has 0 spiro atoms. The number of aromatic nitrogens is 4. The maximum absolute atomic E-state index is 13.2. The number of ether oxygens (including phenoxy) is 1. The first-order chi connectivity index (χ1) is 15.5. The van der Waals surface area contributed by atoms with Crippen molar-refractivity contribution >= 4 is 39.9 Å². The van der Waals surface area contributed by atoms with E-state index in [0.29, 0.717) is 64.4 Å². The molecule has 32 heavy (non-hydrogen) atoms. The van der Waals surface area contributed by atoms with Gasteiger partial charge >= 0.3 is 0 Å². The van der Waals surface area contributed by atoms with Crippen LogP contribution >= 0.6 is 23.4 Å². The van der Waals surface area contributed by atoms with Gasteiger partial charge in [-0.05, 0) is 50.6 Å². The maximum Gasteiger partial charge on any atom is 0.262 e. The summed E-state index contributed by atoms with van der Waals surface area (Å²) in [5.41, 5.74) is 2.36. The maximum atomic E-state index is 13.2. The van der Waals surface area contributed by atoms with Crippen LogP contribution in [0.4, 0.5) is 0 Å². The minimum absolute atomic E-state index is 0.118. The average molecular weight is 471 g/mol. The summed E-state index contributed by atoms with van der Waals surface area (Å²) in [5, 5.41) is 1.61. The first-order valence-corrected chi connectivity index (χ1v) is 11.7. The third-order valence-corrected chi connectivity index (χ3v) is 6.28. The molecule has 0 aliphatic carbocycles. The molecule has 0 saturated heterocycles. The van der Waals surface area contributed by atoms with Crippen molar-refractivity contribution in [3.63, 3.8) is 0 Å². The Morgan fingerprint density at radius 1 is 1.12 bits per heavy atom. The summed E-state index contributed by atoms with van der Waals surface area (Å²) >= 11 is 7.50. The highest BCUT2D eigenvalue weighted by Crippen LogP contribution is 2.23. The van der Waals surface area contributed by atoms with Gasteiger partial charge in [0.15, 0.2) is 5.16 Å². The normalized spacial score (nSPS) is 11.5. The molecule has 0 bridgehead atoms. The van der Waals surface area contributed by atoms with E-state index < -0.39 is 0 Å². The lowest BCUT2D eigenvalue weighted by Crippen LogP contribution is -2.24. The second-order valence-electron chi connectivity index (χ2n) is 7.30. The van der Waals surface area contributed by atoms with E-state index in [1.54, 1.807) is 27.2 Å². The zero-order valence-electron chi connectivity index (χ0n) is 17.9. The van der Waals surface area contributed by atoms with Crippen LogP contribution in [0.3, 0.4) is 0 Å². The Hall–Kier alpha value is -2.68. The van der Waals surface area contributed by atoms with Gasteiger partial charge in [-0.1, -0.05) is 29.4 Å².